The Hall–Kier alpha value is -2.64. The molecular formula is C18H16F4N2O2. The van der Waals surface area contributed by atoms with E-state index in [0.717, 1.165) is 18.3 Å². The zero-order valence-corrected chi connectivity index (χ0v) is 13.7. The molecule has 3 rings (SSSR count). The van der Waals surface area contributed by atoms with Crippen LogP contribution in [0.5, 0.6) is 5.88 Å². The first-order valence-electron chi connectivity index (χ1n) is 8.03. The summed E-state index contributed by atoms with van der Waals surface area (Å²) >= 11 is 0. The lowest BCUT2D eigenvalue weighted by atomic mass is 10.1. The summed E-state index contributed by atoms with van der Waals surface area (Å²) in [6.45, 7) is 0.724. The highest BCUT2D eigenvalue weighted by Gasteiger charge is 2.32. The smallest absolute Gasteiger partial charge is 0.416 e. The minimum atomic E-state index is -4.46. The average Bonchev–Trinajstić information content (AvgIpc) is 3.05. The minimum Gasteiger partial charge on any atom is -0.472 e. The van der Waals surface area contributed by atoms with Gasteiger partial charge in [0.25, 0.3) is 0 Å². The van der Waals surface area contributed by atoms with E-state index in [0.29, 0.717) is 18.5 Å². The third kappa shape index (κ3) is 4.50. The summed E-state index contributed by atoms with van der Waals surface area (Å²) in [6.07, 6.45) is -3.19. The number of likely N-dealkylation sites (tertiary alicyclic amines) is 1. The van der Waals surface area contributed by atoms with Gasteiger partial charge in [-0.2, -0.15) is 13.2 Å². The summed E-state index contributed by atoms with van der Waals surface area (Å²) in [6, 6.07) is 7.40. The van der Waals surface area contributed by atoms with Crippen molar-refractivity contribution >= 4 is 5.91 Å². The maximum atomic E-state index is 12.9. The molecule has 1 fully saturated rings. The maximum Gasteiger partial charge on any atom is 0.416 e. The number of pyridine rings is 1. The van der Waals surface area contributed by atoms with Gasteiger partial charge in [0.15, 0.2) is 0 Å². The molecule has 2 heterocycles. The minimum absolute atomic E-state index is 0.113. The van der Waals surface area contributed by atoms with Crippen molar-refractivity contribution in [3.63, 3.8) is 0 Å². The van der Waals surface area contributed by atoms with Crippen molar-refractivity contribution in [3.8, 4) is 5.88 Å². The Labute approximate surface area is 147 Å². The van der Waals surface area contributed by atoms with Crippen LogP contribution in [0.2, 0.25) is 0 Å². The van der Waals surface area contributed by atoms with E-state index in [4.69, 9.17) is 4.74 Å². The number of halogens is 4. The molecule has 8 heteroatoms. The molecule has 1 aromatic carbocycles. The first-order chi connectivity index (χ1) is 12.3. The Bertz CT molecular complexity index is 778. The number of aromatic nitrogens is 1. The molecule has 0 radical (unpaired) electrons. The zero-order valence-electron chi connectivity index (χ0n) is 13.7. The molecule has 0 saturated carbocycles. The van der Waals surface area contributed by atoms with Crippen LogP contribution in [0.25, 0.3) is 0 Å². The molecule has 1 aliphatic rings. The fourth-order valence-electron chi connectivity index (χ4n) is 2.76. The van der Waals surface area contributed by atoms with Gasteiger partial charge in [-0.05, 0) is 23.8 Å². The largest absolute Gasteiger partial charge is 0.472 e. The van der Waals surface area contributed by atoms with Crippen molar-refractivity contribution in [2.45, 2.75) is 25.1 Å². The highest BCUT2D eigenvalue weighted by molar-refractivity contribution is 5.79. The number of ether oxygens (including phenoxy) is 1. The Kier molecular flexibility index (Phi) is 5.11. The quantitative estimate of drug-likeness (QED) is 0.777. The van der Waals surface area contributed by atoms with Gasteiger partial charge >= 0.3 is 6.18 Å². The van der Waals surface area contributed by atoms with E-state index in [1.807, 2.05) is 0 Å². The molecule has 1 amide bonds. The zero-order chi connectivity index (χ0) is 18.7. The molecule has 0 spiro atoms. The van der Waals surface area contributed by atoms with Crippen molar-refractivity contribution in [1.82, 2.24) is 9.88 Å². The van der Waals surface area contributed by atoms with Crippen LogP contribution >= 0.6 is 0 Å². The first-order valence-corrected chi connectivity index (χ1v) is 8.03. The van der Waals surface area contributed by atoms with Crippen LogP contribution in [0.4, 0.5) is 17.6 Å². The van der Waals surface area contributed by atoms with E-state index >= 15 is 0 Å². The number of nitrogens with zero attached hydrogens (tertiary/aromatic N) is 2. The van der Waals surface area contributed by atoms with Gasteiger partial charge in [-0.15, -0.1) is 0 Å². The number of amides is 1. The molecule has 1 aromatic heterocycles. The summed E-state index contributed by atoms with van der Waals surface area (Å²) in [4.78, 5) is 17.7. The Morgan fingerprint density at radius 1 is 1.23 bits per heavy atom. The van der Waals surface area contributed by atoms with Crippen LogP contribution in [0.1, 0.15) is 17.5 Å². The van der Waals surface area contributed by atoms with Crippen LogP contribution in [0.15, 0.2) is 42.6 Å². The molecular weight excluding hydrogens is 352 g/mol. The van der Waals surface area contributed by atoms with E-state index in [-0.39, 0.29) is 30.6 Å². The van der Waals surface area contributed by atoms with Gasteiger partial charge in [0.05, 0.1) is 18.5 Å². The first kappa shape index (κ1) is 18.2. The van der Waals surface area contributed by atoms with Crippen molar-refractivity contribution in [3.05, 3.63) is 59.5 Å². The third-order valence-electron chi connectivity index (χ3n) is 4.12. The van der Waals surface area contributed by atoms with Gasteiger partial charge in [-0.1, -0.05) is 12.1 Å². The highest BCUT2D eigenvalue weighted by atomic mass is 19.4. The van der Waals surface area contributed by atoms with Gasteiger partial charge in [-0.3, -0.25) is 4.79 Å². The van der Waals surface area contributed by atoms with Crippen molar-refractivity contribution < 1.29 is 27.1 Å². The van der Waals surface area contributed by atoms with E-state index in [1.54, 1.807) is 17.0 Å². The second kappa shape index (κ2) is 7.31. The fraction of sp³-hybridized carbons (Fsp3) is 0.333. The average molecular weight is 368 g/mol. The van der Waals surface area contributed by atoms with Crippen molar-refractivity contribution in [2.75, 3.05) is 13.1 Å². The molecule has 0 aliphatic carbocycles. The van der Waals surface area contributed by atoms with Gasteiger partial charge < -0.3 is 9.64 Å². The molecule has 1 aliphatic heterocycles. The van der Waals surface area contributed by atoms with Gasteiger partial charge in [0.1, 0.15) is 11.9 Å². The number of carbonyl (C=O) groups excluding carboxylic acids is 1. The molecule has 1 atom stereocenters. The predicted molar refractivity (Wildman–Crippen MR) is 85.0 cm³/mol. The summed E-state index contributed by atoms with van der Waals surface area (Å²) in [5.74, 6) is -0.623. The molecule has 1 saturated heterocycles. The van der Waals surface area contributed by atoms with Crippen molar-refractivity contribution in [2.24, 2.45) is 0 Å². The number of rotatable bonds is 4. The van der Waals surface area contributed by atoms with Crippen LogP contribution in [0, 0.1) is 5.82 Å². The Morgan fingerprint density at radius 3 is 2.65 bits per heavy atom. The number of carbonyl (C=O) groups is 1. The van der Waals surface area contributed by atoms with Crippen LogP contribution in [-0.4, -0.2) is 35.0 Å². The molecule has 0 N–H and O–H groups in total. The predicted octanol–water partition coefficient (Wildman–Crippen LogP) is 3.46. The van der Waals surface area contributed by atoms with Gasteiger partial charge in [0, 0.05) is 25.2 Å². The Balaban J connectivity index is 1.57. The summed E-state index contributed by atoms with van der Waals surface area (Å²) in [5, 5.41) is 0. The lowest BCUT2D eigenvalue weighted by Crippen LogP contribution is -2.32. The normalized spacial score (nSPS) is 17.4. The highest BCUT2D eigenvalue weighted by Crippen LogP contribution is 2.31. The van der Waals surface area contributed by atoms with Gasteiger partial charge in [0.2, 0.25) is 11.8 Å². The topological polar surface area (TPSA) is 42.4 Å². The standard InChI is InChI=1S/C18H16F4N2O2/c19-14-3-1-12(2-4-14)9-17(25)24-8-6-15(11-24)26-16-10-13(5-7-23-16)18(20,21)22/h1-5,7,10,15H,6,8-9,11H2. The third-order valence-corrected chi connectivity index (χ3v) is 4.12. The molecule has 1 unspecified atom stereocenters. The number of benzene rings is 1. The van der Waals surface area contributed by atoms with Crippen LogP contribution < -0.4 is 4.74 Å². The second-order valence-electron chi connectivity index (χ2n) is 6.05. The van der Waals surface area contributed by atoms with Crippen molar-refractivity contribution in [1.29, 1.82) is 0 Å². The molecule has 4 nitrogen and oxygen atoms in total. The van der Waals surface area contributed by atoms with E-state index in [2.05, 4.69) is 4.98 Å². The summed E-state index contributed by atoms with van der Waals surface area (Å²) in [5.41, 5.74) is -0.134. The second-order valence-corrected chi connectivity index (χ2v) is 6.05. The van der Waals surface area contributed by atoms with Crippen LogP contribution in [0.3, 0.4) is 0 Å². The molecule has 0 bridgehead atoms. The molecule has 138 valence electrons. The monoisotopic (exact) mass is 368 g/mol. The van der Waals surface area contributed by atoms with Crippen LogP contribution in [-0.2, 0) is 17.4 Å². The Morgan fingerprint density at radius 2 is 1.96 bits per heavy atom. The van der Waals surface area contributed by atoms with E-state index < -0.39 is 17.8 Å². The summed E-state index contributed by atoms with van der Waals surface area (Å²) in [7, 11) is 0. The number of hydrogen-bond acceptors (Lipinski definition) is 3. The number of hydrogen-bond donors (Lipinski definition) is 0. The van der Waals surface area contributed by atoms with E-state index in [1.165, 1.54) is 12.1 Å². The lowest BCUT2D eigenvalue weighted by Gasteiger charge is -2.17. The summed E-state index contributed by atoms with van der Waals surface area (Å²) < 4.78 is 56.6. The molecule has 26 heavy (non-hydrogen) atoms. The fourth-order valence-corrected chi connectivity index (χ4v) is 2.76. The maximum absolute atomic E-state index is 12.9. The lowest BCUT2D eigenvalue weighted by molar-refractivity contribution is -0.137. The van der Waals surface area contributed by atoms with Gasteiger partial charge in [-0.25, -0.2) is 9.37 Å². The number of alkyl halides is 3. The molecule has 2 aromatic rings. The SMILES string of the molecule is O=C(Cc1ccc(F)cc1)N1CCC(Oc2cc(C(F)(F)F)ccn2)C1. The van der Waals surface area contributed by atoms with E-state index in [9.17, 15) is 22.4 Å².